The molecule has 0 atom stereocenters. The van der Waals surface area contributed by atoms with E-state index in [0.717, 1.165) is 68.3 Å². The van der Waals surface area contributed by atoms with E-state index in [1.165, 1.54) is 5.56 Å². The van der Waals surface area contributed by atoms with Crippen LogP contribution in [0.2, 0.25) is 0 Å². The van der Waals surface area contributed by atoms with Gasteiger partial charge in [-0.2, -0.15) is 5.10 Å². The van der Waals surface area contributed by atoms with Crippen molar-refractivity contribution in [1.82, 2.24) is 24.6 Å². The highest BCUT2D eigenvalue weighted by Crippen LogP contribution is 2.28. The van der Waals surface area contributed by atoms with Gasteiger partial charge in [0.25, 0.3) is 0 Å². The van der Waals surface area contributed by atoms with Crippen LogP contribution in [-0.4, -0.2) is 68.4 Å². The van der Waals surface area contributed by atoms with E-state index in [1.807, 2.05) is 23.0 Å². The van der Waals surface area contributed by atoms with Crippen LogP contribution in [0.3, 0.4) is 0 Å². The van der Waals surface area contributed by atoms with Crippen molar-refractivity contribution < 1.29 is 9.84 Å². The van der Waals surface area contributed by atoms with Crippen LogP contribution in [0.5, 0.6) is 5.75 Å². The molecule has 0 bridgehead atoms. The number of aryl methyl sites for hydroxylation is 2. The van der Waals surface area contributed by atoms with E-state index in [0.29, 0.717) is 11.0 Å². The minimum absolute atomic E-state index is 0. The van der Waals surface area contributed by atoms with Crippen LogP contribution in [0.1, 0.15) is 5.56 Å². The lowest BCUT2D eigenvalue weighted by molar-refractivity contribution is 0.0410. The highest BCUT2D eigenvalue weighted by atomic mass is 35.5. The van der Waals surface area contributed by atoms with Gasteiger partial charge < -0.3 is 15.2 Å². The first-order valence-corrected chi connectivity index (χ1v) is 12.5. The number of phenolic OH excluding ortho intramolecular Hbond substituents is 1. The van der Waals surface area contributed by atoms with Crippen molar-refractivity contribution in [3.8, 4) is 5.75 Å². The van der Waals surface area contributed by atoms with Crippen molar-refractivity contribution in [2.45, 2.75) is 18.1 Å². The van der Waals surface area contributed by atoms with Gasteiger partial charge in [-0.25, -0.2) is 14.6 Å². The molecule has 35 heavy (non-hydrogen) atoms. The van der Waals surface area contributed by atoms with E-state index >= 15 is 0 Å². The van der Waals surface area contributed by atoms with Crippen molar-refractivity contribution in [3.63, 3.8) is 0 Å². The number of nitrogens with one attached hydrogen (secondary N) is 1. The quantitative estimate of drug-likeness (QED) is 0.252. The van der Waals surface area contributed by atoms with E-state index in [-0.39, 0.29) is 18.2 Å². The smallest absolute Gasteiger partial charge is 0.191 e. The van der Waals surface area contributed by atoms with Gasteiger partial charge >= 0.3 is 0 Å². The summed E-state index contributed by atoms with van der Waals surface area (Å²) >= 11 is 1.65. The van der Waals surface area contributed by atoms with Crippen LogP contribution in [0.25, 0.3) is 11.0 Å². The Bertz CT molecular complexity index is 1230. The summed E-state index contributed by atoms with van der Waals surface area (Å²) < 4.78 is 7.39. The summed E-state index contributed by atoms with van der Waals surface area (Å²) in [5.74, 6) is 1.79. The Morgan fingerprint density at radius 2 is 1.83 bits per heavy atom. The molecular formula is C25H29ClN6O2S. The Hall–Kier alpha value is -2.85. The second-order valence-corrected chi connectivity index (χ2v) is 9.24. The number of nitrogens with zero attached hydrogens (tertiary/aromatic N) is 5. The van der Waals surface area contributed by atoms with E-state index in [9.17, 15) is 5.11 Å². The van der Waals surface area contributed by atoms with Gasteiger partial charge in [0.2, 0.25) is 0 Å². The van der Waals surface area contributed by atoms with E-state index in [1.54, 1.807) is 30.0 Å². The van der Waals surface area contributed by atoms with Crippen LogP contribution in [0.15, 0.2) is 66.0 Å². The number of benzene rings is 2. The molecule has 0 saturated carbocycles. The minimum atomic E-state index is 0. The first-order chi connectivity index (χ1) is 16.7. The summed E-state index contributed by atoms with van der Waals surface area (Å²) in [4.78, 5) is 12.1. The predicted molar refractivity (Wildman–Crippen MR) is 142 cm³/mol. The molecule has 0 aliphatic carbocycles. The molecule has 1 fully saturated rings. The number of aromatic hydroxyl groups is 1. The lowest BCUT2D eigenvalue weighted by Crippen LogP contribution is -2.37. The number of aromatic nitrogens is 4. The lowest BCUT2D eigenvalue weighted by Gasteiger charge is -2.26. The number of halogens is 1. The normalized spacial score (nSPS) is 14.1. The second-order valence-electron chi connectivity index (χ2n) is 8.17. The summed E-state index contributed by atoms with van der Waals surface area (Å²) in [7, 11) is 0. The fourth-order valence-corrected chi connectivity index (χ4v) is 4.79. The van der Waals surface area contributed by atoms with Gasteiger partial charge in [0.1, 0.15) is 11.6 Å². The molecule has 0 unspecified atom stereocenters. The van der Waals surface area contributed by atoms with Crippen LogP contribution in [-0.2, 0) is 17.7 Å². The maximum absolute atomic E-state index is 9.87. The molecule has 5 rings (SSSR count). The van der Waals surface area contributed by atoms with Crippen LogP contribution >= 0.6 is 24.2 Å². The third kappa shape index (κ3) is 6.64. The van der Waals surface area contributed by atoms with Gasteiger partial charge in [0.05, 0.1) is 24.8 Å². The Labute approximate surface area is 215 Å². The SMILES string of the molecule is Cl.Oc1cccc(Nc2nc(SCCN3CCOCC3)nc3c2cnn3CCc2ccccc2)c1. The van der Waals surface area contributed by atoms with E-state index in [4.69, 9.17) is 14.7 Å². The standard InChI is InChI=1S/C25H28N6O2S.ClH/c32-21-8-4-7-20(17-21)27-23-22-18-26-31(10-9-19-5-2-1-3-6-19)24(22)29-25(28-23)34-16-13-30-11-14-33-15-12-30;/h1-8,17-18,32H,9-16H2,(H,27,28,29);1H. The van der Waals surface area contributed by atoms with Crippen molar-refractivity contribution in [3.05, 3.63) is 66.4 Å². The van der Waals surface area contributed by atoms with Crippen molar-refractivity contribution in [2.24, 2.45) is 0 Å². The Morgan fingerprint density at radius 3 is 2.63 bits per heavy atom. The van der Waals surface area contributed by atoms with Crippen LogP contribution in [0, 0.1) is 0 Å². The number of hydrogen-bond donors (Lipinski definition) is 2. The number of rotatable bonds is 9. The Kier molecular flexibility index (Phi) is 8.81. The van der Waals surface area contributed by atoms with Gasteiger partial charge in [0.15, 0.2) is 10.8 Å². The Morgan fingerprint density at radius 1 is 1.00 bits per heavy atom. The number of anilines is 2. The first-order valence-electron chi connectivity index (χ1n) is 11.5. The van der Waals surface area contributed by atoms with Crippen LogP contribution < -0.4 is 5.32 Å². The average Bonchev–Trinajstić information content (AvgIpc) is 3.27. The maximum Gasteiger partial charge on any atom is 0.191 e. The molecule has 10 heteroatoms. The van der Waals surface area contributed by atoms with Gasteiger partial charge in [-0.15, -0.1) is 12.4 Å². The van der Waals surface area contributed by atoms with Crippen molar-refractivity contribution >= 4 is 46.7 Å². The Balaban J connectivity index is 0.00000289. The zero-order valence-electron chi connectivity index (χ0n) is 19.3. The molecule has 2 N–H and O–H groups in total. The number of ether oxygens (including phenoxy) is 1. The fraction of sp³-hybridized carbons (Fsp3) is 0.320. The second kappa shape index (κ2) is 12.2. The zero-order valence-corrected chi connectivity index (χ0v) is 21.0. The van der Waals surface area contributed by atoms with Gasteiger partial charge in [-0.05, 0) is 24.1 Å². The molecule has 0 radical (unpaired) electrons. The summed E-state index contributed by atoms with van der Waals surface area (Å²) in [6.45, 7) is 5.23. The van der Waals surface area contributed by atoms with Gasteiger partial charge in [-0.1, -0.05) is 48.2 Å². The van der Waals surface area contributed by atoms with Gasteiger partial charge in [-0.3, -0.25) is 4.90 Å². The third-order valence-electron chi connectivity index (χ3n) is 5.78. The largest absolute Gasteiger partial charge is 0.508 e. The molecule has 2 aromatic heterocycles. The molecule has 184 valence electrons. The van der Waals surface area contributed by atoms with Crippen LogP contribution in [0.4, 0.5) is 11.5 Å². The highest BCUT2D eigenvalue weighted by Gasteiger charge is 2.15. The molecular weight excluding hydrogens is 484 g/mol. The summed E-state index contributed by atoms with van der Waals surface area (Å²) in [5.41, 5.74) is 2.84. The summed E-state index contributed by atoms with van der Waals surface area (Å²) in [6, 6.07) is 17.4. The van der Waals surface area contributed by atoms with Gasteiger partial charge in [0, 0.05) is 43.7 Å². The molecule has 3 heterocycles. The molecule has 1 saturated heterocycles. The number of thioether (sulfide) groups is 1. The molecule has 0 amide bonds. The first kappa shape index (κ1) is 25.2. The number of morpholine rings is 1. The molecule has 1 aliphatic rings. The highest BCUT2D eigenvalue weighted by molar-refractivity contribution is 7.99. The summed E-state index contributed by atoms with van der Waals surface area (Å²) in [5, 5.41) is 19.4. The van der Waals surface area contributed by atoms with Crippen molar-refractivity contribution in [1.29, 1.82) is 0 Å². The number of phenols is 1. The molecule has 0 spiro atoms. The number of hydrogen-bond acceptors (Lipinski definition) is 8. The monoisotopic (exact) mass is 512 g/mol. The topological polar surface area (TPSA) is 88.3 Å². The molecule has 8 nitrogen and oxygen atoms in total. The molecule has 4 aromatic rings. The zero-order chi connectivity index (χ0) is 23.2. The van der Waals surface area contributed by atoms with E-state index in [2.05, 4.69) is 39.6 Å². The predicted octanol–water partition coefficient (Wildman–Crippen LogP) is 4.36. The summed E-state index contributed by atoms with van der Waals surface area (Å²) in [6.07, 6.45) is 2.68. The minimum Gasteiger partial charge on any atom is -0.508 e. The van der Waals surface area contributed by atoms with E-state index < -0.39 is 0 Å². The average molecular weight is 513 g/mol. The number of fused-ring (bicyclic) bond motifs is 1. The molecule has 2 aromatic carbocycles. The van der Waals surface area contributed by atoms with Crippen molar-refractivity contribution in [2.75, 3.05) is 43.9 Å². The third-order valence-corrected chi connectivity index (χ3v) is 6.61. The fourth-order valence-electron chi connectivity index (χ4n) is 3.95. The molecule has 1 aliphatic heterocycles. The lowest BCUT2D eigenvalue weighted by atomic mass is 10.1. The maximum atomic E-state index is 9.87.